The summed E-state index contributed by atoms with van der Waals surface area (Å²) in [6.45, 7) is 4.78. The number of aryl methyl sites for hydroxylation is 1. The third-order valence-electron chi connectivity index (χ3n) is 4.24. The smallest absolute Gasteiger partial charge is 0.339 e. The number of benzene rings is 2. The van der Waals surface area contributed by atoms with Gasteiger partial charge in [-0.15, -0.1) is 0 Å². The Kier molecular flexibility index (Phi) is 6.56. The third kappa shape index (κ3) is 5.39. The van der Waals surface area contributed by atoms with Crippen LogP contribution in [0.4, 0.5) is 4.39 Å². The first-order chi connectivity index (χ1) is 13.0. The normalized spacial score (nSPS) is 13.5. The van der Waals surface area contributed by atoms with Gasteiger partial charge in [-0.2, -0.15) is 0 Å². The van der Waals surface area contributed by atoms with Crippen molar-refractivity contribution in [3.05, 3.63) is 65.0 Å². The Morgan fingerprint density at radius 2 is 1.68 bits per heavy atom. The summed E-state index contributed by atoms with van der Waals surface area (Å²) in [6.07, 6.45) is -0.0589. The highest BCUT2D eigenvalue weighted by Gasteiger charge is 2.23. The maximum Gasteiger partial charge on any atom is 0.339 e. The number of ether oxygens (including phenoxy) is 1. The molecule has 28 heavy (non-hydrogen) atoms. The van der Waals surface area contributed by atoms with Gasteiger partial charge in [0.2, 0.25) is 0 Å². The lowest BCUT2D eigenvalue weighted by atomic mass is 10.1. The van der Waals surface area contributed by atoms with Crippen LogP contribution in [0.2, 0.25) is 0 Å². The Hall–Kier alpha value is -2.74. The van der Waals surface area contributed by atoms with Gasteiger partial charge in [-0.3, -0.25) is 4.79 Å². The van der Waals surface area contributed by atoms with Crippen molar-refractivity contribution in [3.8, 4) is 0 Å². The topological polar surface area (TPSA) is 89.5 Å². The van der Waals surface area contributed by atoms with Gasteiger partial charge in [0.1, 0.15) is 5.82 Å². The molecule has 0 saturated heterocycles. The zero-order chi connectivity index (χ0) is 21.1. The number of halogens is 1. The van der Waals surface area contributed by atoms with Crippen molar-refractivity contribution in [1.82, 2.24) is 5.32 Å². The van der Waals surface area contributed by atoms with Crippen LogP contribution in [0.5, 0.6) is 0 Å². The molecule has 0 aliphatic heterocycles. The van der Waals surface area contributed by atoms with Crippen LogP contribution in [-0.2, 0) is 19.4 Å². The Morgan fingerprint density at radius 1 is 1.07 bits per heavy atom. The fourth-order valence-corrected chi connectivity index (χ4v) is 3.14. The van der Waals surface area contributed by atoms with E-state index in [9.17, 15) is 22.4 Å². The lowest BCUT2D eigenvalue weighted by molar-refractivity contribution is -0.129. The molecule has 0 heterocycles. The molecule has 0 spiro atoms. The van der Waals surface area contributed by atoms with E-state index in [0.29, 0.717) is 11.1 Å². The van der Waals surface area contributed by atoms with Crippen molar-refractivity contribution >= 4 is 21.7 Å². The molecule has 2 aromatic rings. The van der Waals surface area contributed by atoms with Gasteiger partial charge in [-0.05, 0) is 56.2 Å². The van der Waals surface area contributed by atoms with Gasteiger partial charge in [0, 0.05) is 6.26 Å². The van der Waals surface area contributed by atoms with Crippen molar-refractivity contribution in [3.63, 3.8) is 0 Å². The van der Waals surface area contributed by atoms with Crippen molar-refractivity contribution in [2.24, 2.45) is 0 Å². The number of hydrogen-bond acceptors (Lipinski definition) is 5. The van der Waals surface area contributed by atoms with Gasteiger partial charge < -0.3 is 10.1 Å². The van der Waals surface area contributed by atoms with Gasteiger partial charge in [0.05, 0.1) is 16.5 Å². The van der Waals surface area contributed by atoms with Crippen LogP contribution in [0.25, 0.3) is 0 Å². The van der Waals surface area contributed by atoms with Crippen LogP contribution >= 0.6 is 0 Å². The van der Waals surface area contributed by atoms with E-state index in [1.165, 1.54) is 37.3 Å². The van der Waals surface area contributed by atoms with Gasteiger partial charge in [-0.25, -0.2) is 17.6 Å². The summed E-state index contributed by atoms with van der Waals surface area (Å²) in [7, 11) is -3.48. The van der Waals surface area contributed by atoms with Crippen LogP contribution < -0.4 is 5.32 Å². The van der Waals surface area contributed by atoms with Crippen molar-refractivity contribution in [2.75, 3.05) is 6.26 Å². The molecule has 0 radical (unpaired) electrons. The van der Waals surface area contributed by atoms with E-state index in [1.54, 1.807) is 26.0 Å². The average molecular weight is 407 g/mol. The molecule has 0 fully saturated rings. The van der Waals surface area contributed by atoms with Crippen molar-refractivity contribution < 1.29 is 27.1 Å². The molecule has 6 nitrogen and oxygen atoms in total. The standard InChI is InChI=1S/C20H22FNO5S/c1-12-5-10-17(28(4,25)26)11-18(12)20(24)27-14(3)19(23)22-13(2)15-6-8-16(21)9-7-15/h5-11,13-14H,1-4H3,(H,22,23)/t13-,14-/m0/s1. The predicted octanol–water partition coefficient (Wildman–Crippen LogP) is 2.96. The highest BCUT2D eigenvalue weighted by atomic mass is 32.2. The van der Waals surface area contributed by atoms with E-state index in [1.807, 2.05) is 0 Å². The minimum atomic E-state index is -3.48. The number of amides is 1. The van der Waals surface area contributed by atoms with Crippen LogP contribution in [0.15, 0.2) is 47.4 Å². The first kappa shape index (κ1) is 21.6. The van der Waals surface area contributed by atoms with Crippen LogP contribution in [-0.4, -0.2) is 32.7 Å². The largest absolute Gasteiger partial charge is 0.449 e. The van der Waals surface area contributed by atoms with Gasteiger partial charge >= 0.3 is 5.97 Å². The molecule has 0 saturated carbocycles. The zero-order valence-electron chi connectivity index (χ0n) is 16.0. The third-order valence-corrected chi connectivity index (χ3v) is 5.35. The predicted molar refractivity (Wildman–Crippen MR) is 102 cm³/mol. The number of hydrogen-bond donors (Lipinski definition) is 1. The highest BCUT2D eigenvalue weighted by Crippen LogP contribution is 2.18. The molecule has 0 aromatic heterocycles. The summed E-state index contributed by atoms with van der Waals surface area (Å²) < 4.78 is 41.6. The molecule has 0 aliphatic carbocycles. The number of carbonyl (C=O) groups is 2. The van der Waals surface area contributed by atoms with E-state index in [4.69, 9.17) is 4.74 Å². The molecule has 1 amide bonds. The van der Waals surface area contributed by atoms with Gasteiger partial charge in [0.25, 0.3) is 5.91 Å². The highest BCUT2D eigenvalue weighted by molar-refractivity contribution is 7.90. The Bertz CT molecular complexity index is 986. The summed E-state index contributed by atoms with van der Waals surface area (Å²) in [5.74, 6) is -1.70. The molecule has 8 heteroatoms. The maximum atomic E-state index is 13.0. The Labute approximate surface area is 163 Å². The molecule has 0 aliphatic rings. The Morgan fingerprint density at radius 3 is 2.25 bits per heavy atom. The zero-order valence-corrected chi connectivity index (χ0v) is 16.8. The SMILES string of the molecule is Cc1ccc(S(C)(=O)=O)cc1C(=O)O[C@@H](C)C(=O)N[C@@H](C)c1ccc(F)cc1. The monoisotopic (exact) mass is 407 g/mol. The number of nitrogens with one attached hydrogen (secondary N) is 1. The molecule has 2 aromatic carbocycles. The number of rotatable bonds is 6. The molecule has 2 rings (SSSR count). The molecular formula is C20H22FNO5S. The van der Waals surface area contributed by atoms with Gasteiger partial charge in [-0.1, -0.05) is 18.2 Å². The summed E-state index contributed by atoms with van der Waals surface area (Å²) in [4.78, 5) is 24.7. The summed E-state index contributed by atoms with van der Waals surface area (Å²) in [5, 5.41) is 2.69. The second kappa shape index (κ2) is 8.52. The molecule has 0 bridgehead atoms. The fraction of sp³-hybridized carbons (Fsp3) is 0.300. The molecule has 2 atom stereocenters. The Balaban J connectivity index is 2.07. The number of esters is 1. The lowest BCUT2D eigenvalue weighted by Gasteiger charge is -2.19. The van der Waals surface area contributed by atoms with E-state index in [-0.39, 0.29) is 16.3 Å². The minimum absolute atomic E-state index is 0.00733. The van der Waals surface area contributed by atoms with Crippen LogP contribution in [0, 0.1) is 12.7 Å². The molecule has 1 N–H and O–H groups in total. The van der Waals surface area contributed by atoms with Crippen molar-refractivity contribution in [2.45, 2.75) is 37.8 Å². The summed E-state index contributed by atoms with van der Waals surface area (Å²) >= 11 is 0. The number of sulfone groups is 1. The second-order valence-electron chi connectivity index (χ2n) is 6.58. The molecule has 0 unspecified atom stereocenters. The second-order valence-corrected chi connectivity index (χ2v) is 8.59. The van der Waals surface area contributed by atoms with Crippen LogP contribution in [0.3, 0.4) is 0 Å². The van der Waals surface area contributed by atoms with E-state index in [2.05, 4.69) is 5.32 Å². The van der Waals surface area contributed by atoms with E-state index < -0.39 is 33.9 Å². The van der Waals surface area contributed by atoms with Crippen molar-refractivity contribution in [1.29, 1.82) is 0 Å². The maximum absolute atomic E-state index is 13.0. The lowest BCUT2D eigenvalue weighted by Crippen LogP contribution is -2.37. The molecule has 150 valence electrons. The quantitative estimate of drug-likeness (QED) is 0.744. The first-order valence-electron chi connectivity index (χ1n) is 8.56. The van der Waals surface area contributed by atoms with Gasteiger partial charge in [0.15, 0.2) is 15.9 Å². The summed E-state index contributed by atoms with van der Waals surface area (Å²) in [6, 6.07) is 9.42. The molecular weight excluding hydrogens is 385 g/mol. The minimum Gasteiger partial charge on any atom is -0.449 e. The van der Waals surface area contributed by atoms with Crippen LogP contribution in [0.1, 0.15) is 41.4 Å². The summed E-state index contributed by atoms with van der Waals surface area (Å²) in [5.41, 5.74) is 1.31. The van der Waals surface area contributed by atoms with E-state index in [0.717, 1.165) is 6.26 Å². The van der Waals surface area contributed by atoms with E-state index >= 15 is 0 Å². The average Bonchev–Trinajstić information content (AvgIpc) is 2.61. The first-order valence-corrected chi connectivity index (χ1v) is 10.5. The number of carbonyl (C=O) groups excluding carboxylic acids is 2. The fourth-order valence-electron chi connectivity index (χ4n) is 2.49.